The highest BCUT2D eigenvalue weighted by Crippen LogP contribution is 2.66. The van der Waals surface area contributed by atoms with Crippen molar-refractivity contribution in [2.75, 3.05) is 7.11 Å². The molecule has 1 saturated carbocycles. The van der Waals surface area contributed by atoms with E-state index in [0.29, 0.717) is 35.1 Å². The molecule has 4 rings (SSSR count). The lowest BCUT2D eigenvalue weighted by Crippen LogP contribution is -2.49. The van der Waals surface area contributed by atoms with Crippen molar-refractivity contribution in [3.8, 4) is 5.75 Å². The van der Waals surface area contributed by atoms with Crippen LogP contribution in [0.4, 0.5) is 0 Å². The fraction of sp³-hybridized carbons (Fsp3) is 0.567. The van der Waals surface area contributed by atoms with Crippen LogP contribution < -0.4 is 4.74 Å². The molecule has 2 aromatic carbocycles. The quantitative estimate of drug-likeness (QED) is 0.437. The maximum absolute atomic E-state index is 14.2. The van der Waals surface area contributed by atoms with Gasteiger partial charge in [0.1, 0.15) is 11.9 Å². The van der Waals surface area contributed by atoms with Crippen molar-refractivity contribution in [2.45, 2.75) is 92.0 Å². The molecule has 1 aliphatic carbocycles. The van der Waals surface area contributed by atoms with Gasteiger partial charge in [-0.3, -0.25) is 9.59 Å². The first-order valence-electron chi connectivity index (χ1n) is 13.1. The predicted octanol–water partition coefficient (Wildman–Crippen LogP) is 5.83. The molecule has 0 unspecified atom stereocenters. The van der Waals surface area contributed by atoms with Crippen LogP contribution in [0.5, 0.6) is 5.75 Å². The van der Waals surface area contributed by atoms with Crippen LogP contribution in [0.3, 0.4) is 0 Å². The van der Waals surface area contributed by atoms with E-state index in [0.717, 1.165) is 5.39 Å². The van der Waals surface area contributed by atoms with Crippen LogP contribution in [0.1, 0.15) is 90.3 Å². The molecule has 0 N–H and O–H groups in total. The molecule has 2 aliphatic rings. The van der Waals surface area contributed by atoms with Crippen molar-refractivity contribution in [1.82, 2.24) is 4.90 Å². The van der Waals surface area contributed by atoms with Crippen molar-refractivity contribution in [3.05, 3.63) is 41.5 Å². The first-order valence-corrected chi connectivity index (χ1v) is 13.1. The van der Waals surface area contributed by atoms with E-state index < -0.39 is 28.5 Å². The zero-order valence-electron chi connectivity index (χ0n) is 23.4. The van der Waals surface area contributed by atoms with E-state index in [2.05, 4.69) is 0 Å². The van der Waals surface area contributed by atoms with Crippen LogP contribution in [0.15, 0.2) is 30.3 Å². The Labute approximate surface area is 219 Å². The van der Waals surface area contributed by atoms with E-state index in [4.69, 9.17) is 14.2 Å². The third-order valence-corrected chi connectivity index (χ3v) is 8.96. The summed E-state index contributed by atoms with van der Waals surface area (Å²) in [6.45, 7) is 15.3. The molecule has 2 bridgehead atoms. The Hall–Kier alpha value is -3.09. The summed E-state index contributed by atoms with van der Waals surface area (Å²) in [5.41, 5.74) is -1.75. The molecule has 0 radical (unpaired) electrons. The smallest absolute Gasteiger partial charge is 0.351 e. The van der Waals surface area contributed by atoms with Crippen molar-refractivity contribution >= 4 is 28.6 Å². The number of methoxy groups -OCH3 is 1. The second kappa shape index (κ2) is 9.03. The Balaban J connectivity index is 1.82. The molecule has 1 heterocycles. The van der Waals surface area contributed by atoms with Crippen LogP contribution in [-0.4, -0.2) is 47.5 Å². The molecule has 200 valence electrons. The monoisotopic (exact) mass is 509 g/mol. The number of hydrogen-bond donors (Lipinski definition) is 0. The average molecular weight is 510 g/mol. The Morgan fingerprint density at radius 3 is 2.14 bits per heavy atom. The lowest BCUT2D eigenvalue weighted by Gasteiger charge is -2.36. The number of benzene rings is 2. The normalized spacial score (nSPS) is 24.9. The van der Waals surface area contributed by atoms with E-state index in [9.17, 15) is 14.4 Å². The number of amides is 1. The zero-order chi connectivity index (χ0) is 27.5. The topological polar surface area (TPSA) is 82.1 Å². The summed E-state index contributed by atoms with van der Waals surface area (Å²) >= 11 is 0. The van der Waals surface area contributed by atoms with E-state index in [-0.39, 0.29) is 24.0 Å². The maximum Gasteiger partial charge on any atom is 0.351 e. The summed E-state index contributed by atoms with van der Waals surface area (Å²) in [4.78, 5) is 42.4. The summed E-state index contributed by atoms with van der Waals surface area (Å²) in [6.07, 6.45) is 0.217. The zero-order valence-corrected chi connectivity index (χ0v) is 23.4. The molecule has 37 heavy (non-hydrogen) atoms. The predicted molar refractivity (Wildman–Crippen MR) is 141 cm³/mol. The fourth-order valence-electron chi connectivity index (χ4n) is 6.32. The molecule has 0 spiro atoms. The molecule has 2 fully saturated rings. The number of carbonyl (C=O) groups is 3. The van der Waals surface area contributed by atoms with Crippen LogP contribution in [0, 0.1) is 10.8 Å². The minimum absolute atomic E-state index is 0.0445. The van der Waals surface area contributed by atoms with Gasteiger partial charge in [-0.1, -0.05) is 38.1 Å². The summed E-state index contributed by atoms with van der Waals surface area (Å²) in [6, 6.07) is 9.31. The van der Waals surface area contributed by atoms with Crippen LogP contribution >= 0.6 is 0 Å². The highest BCUT2D eigenvalue weighted by molar-refractivity contribution is 6.11. The standard InChI is InChI=1S/C30H39NO6/c1-17(2)31(18(3)4)25(32)24-21(14-13-20-11-10-12-22(35-9)23(20)24)19(5)36-27(34)30-16-15-29(8,26(33)37-30)28(30,6)7/h10-14,17-19H,15-16H2,1-9H3/t19-,29-,30+/m0/s1. The number of ether oxygens (including phenoxy) is 3. The highest BCUT2D eigenvalue weighted by atomic mass is 16.6. The minimum Gasteiger partial charge on any atom is -0.496 e. The maximum atomic E-state index is 14.2. The molecule has 1 amide bonds. The van der Waals surface area contributed by atoms with Gasteiger partial charge in [-0.05, 0) is 65.8 Å². The van der Waals surface area contributed by atoms with Crippen LogP contribution in [0.2, 0.25) is 0 Å². The second-order valence-corrected chi connectivity index (χ2v) is 11.7. The van der Waals surface area contributed by atoms with Crippen LogP contribution in [-0.2, 0) is 19.1 Å². The minimum atomic E-state index is -1.34. The van der Waals surface area contributed by atoms with Gasteiger partial charge in [-0.15, -0.1) is 0 Å². The van der Waals surface area contributed by atoms with Gasteiger partial charge in [0.05, 0.1) is 18.1 Å². The van der Waals surface area contributed by atoms with Gasteiger partial charge < -0.3 is 19.1 Å². The number of hydrogen-bond acceptors (Lipinski definition) is 6. The number of esters is 2. The van der Waals surface area contributed by atoms with Crippen molar-refractivity contribution in [3.63, 3.8) is 0 Å². The molecule has 7 nitrogen and oxygen atoms in total. The van der Waals surface area contributed by atoms with E-state index in [1.54, 1.807) is 14.0 Å². The molecule has 2 aromatic rings. The van der Waals surface area contributed by atoms with E-state index in [1.165, 1.54) is 0 Å². The van der Waals surface area contributed by atoms with Gasteiger partial charge in [-0.2, -0.15) is 0 Å². The van der Waals surface area contributed by atoms with Crippen molar-refractivity contribution < 1.29 is 28.6 Å². The van der Waals surface area contributed by atoms with Gasteiger partial charge in [0.15, 0.2) is 0 Å². The first-order chi connectivity index (χ1) is 17.2. The molecule has 0 aromatic heterocycles. The molecular formula is C30H39NO6. The van der Waals surface area contributed by atoms with Gasteiger partial charge in [0.2, 0.25) is 5.60 Å². The Morgan fingerprint density at radius 1 is 0.973 bits per heavy atom. The molecule has 1 aliphatic heterocycles. The highest BCUT2D eigenvalue weighted by Gasteiger charge is 2.76. The van der Waals surface area contributed by atoms with E-state index in [1.807, 2.05) is 83.7 Å². The molecule has 1 saturated heterocycles. The van der Waals surface area contributed by atoms with Gasteiger partial charge >= 0.3 is 11.9 Å². The number of fused-ring (bicyclic) bond motifs is 3. The van der Waals surface area contributed by atoms with Gasteiger partial charge in [0, 0.05) is 28.4 Å². The molecule has 7 heteroatoms. The summed E-state index contributed by atoms with van der Waals surface area (Å²) in [5.74, 6) is -0.506. The number of nitrogens with zero attached hydrogens (tertiary/aromatic N) is 1. The molecule has 3 atom stereocenters. The molecular weight excluding hydrogens is 470 g/mol. The lowest BCUT2D eigenvalue weighted by atomic mass is 9.66. The van der Waals surface area contributed by atoms with Crippen LogP contribution in [0.25, 0.3) is 10.8 Å². The largest absolute Gasteiger partial charge is 0.496 e. The summed E-state index contributed by atoms with van der Waals surface area (Å²) in [5, 5.41) is 1.54. The van der Waals surface area contributed by atoms with Crippen molar-refractivity contribution in [1.29, 1.82) is 0 Å². The second-order valence-electron chi connectivity index (χ2n) is 11.7. The average Bonchev–Trinajstić information content (AvgIpc) is 3.12. The summed E-state index contributed by atoms with van der Waals surface area (Å²) in [7, 11) is 1.58. The van der Waals surface area contributed by atoms with Gasteiger partial charge in [-0.25, -0.2) is 4.79 Å². The number of carbonyl (C=O) groups excluding carboxylic acids is 3. The number of rotatable bonds is 7. The Kier molecular flexibility index (Phi) is 6.58. The van der Waals surface area contributed by atoms with Gasteiger partial charge in [0.25, 0.3) is 5.91 Å². The fourth-order valence-corrected chi connectivity index (χ4v) is 6.32. The van der Waals surface area contributed by atoms with Crippen molar-refractivity contribution in [2.24, 2.45) is 10.8 Å². The third-order valence-electron chi connectivity index (χ3n) is 8.96. The summed E-state index contributed by atoms with van der Waals surface area (Å²) < 4.78 is 17.5. The Morgan fingerprint density at radius 2 is 1.62 bits per heavy atom. The van der Waals surface area contributed by atoms with E-state index >= 15 is 0 Å². The lowest BCUT2D eigenvalue weighted by molar-refractivity contribution is -0.187. The third kappa shape index (κ3) is 3.72. The first kappa shape index (κ1) is 27.0. The Bertz CT molecular complexity index is 1260. The SMILES string of the molecule is COc1cccc2ccc([C@H](C)OC(=O)[C@@]34CC[C@@](C)(C(=O)O3)C4(C)C)c(C(=O)N(C(C)C)C(C)C)c12.